The Morgan fingerprint density at radius 2 is 2.23 bits per heavy atom. The zero-order valence-corrected chi connectivity index (χ0v) is 6.77. The van der Waals surface area contributed by atoms with Crippen LogP contribution in [0.2, 0.25) is 0 Å². The fourth-order valence-electron chi connectivity index (χ4n) is 1.26. The summed E-state index contributed by atoms with van der Waals surface area (Å²) in [6.45, 7) is 1.09. The number of hydrogen-bond acceptors (Lipinski definition) is 2. The first-order valence-electron chi connectivity index (χ1n) is 3.58. The van der Waals surface area contributed by atoms with Crippen molar-refractivity contribution < 1.29 is 18.0 Å². The van der Waals surface area contributed by atoms with Crippen molar-refractivity contribution >= 4 is 5.91 Å². The molecule has 0 radical (unpaired) electrons. The normalized spacial score (nSPS) is 32.1. The molecular formula is C7H7F3N2O. The van der Waals surface area contributed by atoms with Crippen molar-refractivity contribution in [2.45, 2.75) is 25.1 Å². The Morgan fingerprint density at radius 1 is 1.69 bits per heavy atom. The Morgan fingerprint density at radius 3 is 2.46 bits per heavy atom. The van der Waals surface area contributed by atoms with E-state index in [0.29, 0.717) is 0 Å². The summed E-state index contributed by atoms with van der Waals surface area (Å²) in [5, 5.41) is 10.5. The third kappa shape index (κ3) is 1.74. The van der Waals surface area contributed by atoms with Gasteiger partial charge in [0.05, 0.1) is 12.0 Å². The van der Waals surface area contributed by atoms with Crippen molar-refractivity contribution in [2.24, 2.45) is 5.92 Å². The molecule has 1 N–H and O–H groups in total. The van der Waals surface area contributed by atoms with Gasteiger partial charge in [-0.05, 0) is 6.42 Å². The number of alkyl halides is 3. The van der Waals surface area contributed by atoms with Crippen LogP contribution in [0.5, 0.6) is 0 Å². The summed E-state index contributed by atoms with van der Waals surface area (Å²) in [6.07, 6.45) is -4.75. The van der Waals surface area contributed by atoms with Crippen LogP contribution < -0.4 is 5.32 Å². The summed E-state index contributed by atoms with van der Waals surface area (Å²) < 4.78 is 36.2. The molecule has 0 aromatic heterocycles. The first-order valence-corrected chi connectivity index (χ1v) is 3.58. The molecule has 1 saturated carbocycles. The number of nitriles is 1. The maximum Gasteiger partial charge on any atom is 0.395 e. The minimum absolute atomic E-state index is 0.341. The first-order chi connectivity index (χ1) is 5.82. The van der Waals surface area contributed by atoms with E-state index in [9.17, 15) is 18.0 Å². The van der Waals surface area contributed by atoms with Gasteiger partial charge >= 0.3 is 6.18 Å². The molecule has 72 valence electrons. The number of amides is 1. The number of halogens is 3. The molecule has 3 nitrogen and oxygen atoms in total. The molecule has 1 aliphatic carbocycles. The van der Waals surface area contributed by atoms with E-state index in [-0.39, 0.29) is 6.42 Å². The summed E-state index contributed by atoms with van der Waals surface area (Å²) in [5.74, 6) is -2.33. The average Bonchev–Trinajstić information content (AvgIpc) is 2.62. The summed E-state index contributed by atoms with van der Waals surface area (Å²) in [7, 11) is 0. The molecule has 0 spiro atoms. The van der Waals surface area contributed by atoms with Crippen molar-refractivity contribution in [2.75, 3.05) is 0 Å². The summed E-state index contributed by atoms with van der Waals surface area (Å²) >= 11 is 0. The standard InChI is InChI=1S/C7H7F3N2O/c1-4(13)12-6(3-11)2-5(6)7(8,9)10/h5H,2H2,1H3,(H,12,13)/t5-,6+/m0/s1. The molecule has 2 atom stereocenters. The predicted molar refractivity (Wildman–Crippen MR) is 36.3 cm³/mol. The smallest absolute Gasteiger partial charge is 0.338 e. The number of hydrogen-bond donors (Lipinski definition) is 1. The summed E-state index contributed by atoms with van der Waals surface area (Å²) in [6, 6.07) is 1.49. The van der Waals surface area contributed by atoms with Crippen LogP contribution >= 0.6 is 0 Å². The van der Waals surface area contributed by atoms with Gasteiger partial charge in [0.2, 0.25) is 5.91 Å². The zero-order chi connectivity index (χ0) is 10.3. The summed E-state index contributed by atoms with van der Waals surface area (Å²) in [5.41, 5.74) is -1.70. The van der Waals surface area contributed by atoms with E-state index in [1.165, 1.54) is 6.07 Å². The van der Waals surface area contributed by atoms with Gasteiger partial charge in [-0.25, -0.2) is 0 Å². The zero-order valence-electron chi connectivity index (χ0n) is 6.77. The maximum absolute atomic E-state index is 12.1. The molecular weight excluding hydrogens is 185 g/mol. The van der Waals surface area contributed by atoms with Crippen LogP contribution in [0.4, 0.5) is 13.2 Å². The van der Waals surface area contributed by atoms with Gasteiger partial charge in [-0.2, -0.15) is 18.4 Å². The molecule has 13 heavy (non-hydrogen) atoms. The van der Waals surface area contributed by atoms with E-state index < -0.39 is 23.5 Å². The molecule has 0 bridgehead atoms. The Kier molecular flexibility index (Phi) is 1.98. The highest BCUT2D eigenvalue weighted by Gasteiger charge is 2.68. The second kappa shape index (κ2) is 2.62. The van der Waals surface area contributed by atoms with Crippen molar-refractivity contribution in [1.82, 2.24) is 5.32 Å². The lowest BCUT2D eigenvalue weighted by Gasteiger charge is -2.11. The number of rotatable bonds is 1. The lowest BCUT2D eigenvalue weighted by molar-refractivity contribution is -0.151. The molecule has 0 aliphatic heterocycles. The lowest BCUT2D eigenvalue weighted by atomic mass is 10.2. The van der Waals surface area contributed by atoms with Crippen LogP contribution in [0.3, 0.4) is 0 Å². The fourth-order valence-corrected chi connectivity index (χ4v) is 1.26. The van der Waals surface area contributed by atoms with Gasteiger partial charge in [0.15, 0.2) is 0 Å². The van der Waals surface area contributed by atoms with Crippen LogP contribution in [0.1, 0.15) is 13.3 Å². The Hall–Kier alpha value is -1.25. The third-order valence-corrected chi connectivity index (χ3v) is 1.95. The maximum atomic E-state index is 12.1. The van der Waals surface area contributed by atoms with Crippen LogP contribution in [0.15, 0.2) is 0 Å². The van der Waals surface area contributed by atoms with Crippen LogP contribution in [0.25, 0.3) is 0 Å². The highest BCUT2D eigenvalue weighted by atomic mass is 19.4. The van der Waals surface area contributed by atoms with E-state index in [1.54, 1.807) is 0 Å². The lowest BCUT2D eigenvalue weighted by Crippen LogP contribution is -2.38. The van der Waals surface area contributed by atoms with Gasteiger partial charge in [0.1, 0.15) is 5.54 Å². The Labute approximate surface area is 72.5 Å². The second-order valence-corrected chi connectivity index (χ2v) is 3.06. The second-order valence-electron chi connectivity index (χ2n) is 3.06. The molecule has 0 heterocycles. The molecule has 1 rings (SSSR count). The molecule has 0 aromatic rings. The van der Waals surface area contributed by atoms with E-state index in [4.69, 9.17) is 5.26 Å². The van der Waals surface area contributed by atoms with Crippen molar-refractivity contribution in [3.05, 3.63) is 0 Å². The minimum atomic E-state index is -4.40. The molecule has 0 saturated heterocycles. The minimum Gasteiger partial charge on any atom is -0.338 e. The molecule has 0 aromatic carbocycles. The highest BCUT2D eigenvalue weighted by Crippen LogP contribution is 2.52. The van der Waals surface area contributed by atoms with Gasteiger partial charge in [-0.1, -0.05) is 0 Å². The first kappa shape index (κ1) is 9.84. The van der Waals surface area contributed by atoms with Crippen LogP contribution in [-0.4, -0.2) is 17.6 Å². The Balaban J connectivity index is 2.71. The monoisotopic (exact) mass is 192 g/mol. The molecule has 1 fully saturated rings. The van der Waals surface area contributed by atoms with Gasteiger partial charge in [0.25, 0.3) is 0 Å². The van der Waals surface area contributed by atoms with Crippen molar-refractivity contribution in [1.29, 1.82) is 5.26 Å². The predicted octanol–water partition coefficient (Wildman–Crippen LogP) is 0.967. The SMILES string of the molecule is CC(=O)N[C@@]1(C#N)C[C@@H]1C(F)(F)F. The largest absolute Gasteiger partial charge is 0.395 e. The average molecular weight is 192 g/mol. The number of nitrogens with one attached hydrogen (secondary N) is 1. The van der Waals surface area contributed by atoms with E-state index in [2.05, 4.69) is 0 Å². The molecule has 6 heteroatoms. The van der Waals surface area contributed by atoms with E-state index in [1.807, 2.05) is 5.32 Å². The van der Waals surface area contributed by atoms with E-state index >= 15 is 0 Å². The van der Waals surface area contributed by atoms with Gasteiger partial charge in [-0.15, -0.1) is 0 Å². The van der Waals surface area contributed by atoms with Gasteiger partial charge in [-0.3, -0.25) is 4.79 Å². The van der Waals surface area contributed by atoms with E-state index in [0.717, 1.165) is 6.92 Å². The molecule has 1 aliphatic rings. The summed E-state index contributed by atoms with van der Waals surface area (Å²) in [4.78, 5) is 10.5. The van der Waals surface area contributed by atoms with Crippen molar-refractivity contribution in [3.63, 3.8) is 0 Å². The molecule has 1 amide bonds. The van der Waals surface area contributed by atoms with Gasteiger partial charge < -0.3 is 5.32 Å². The topological polar surface area (TPSA) is 52.9 Å². The van der Waals surface area contributed by atoms with Crippen LogP contribution in [-0.2, 0) is 4.79 Å². The quantitative estimate of drug-likeness (QED) is 0.672. The Bertz CT molecular complexity index is 280. The third-order valence-electron chi connectivity index (χ3n) is 1.95. The van der Waals surface area contributed by atoms with Crippen molar-refractivity contribution in [3.8, 4) is 6.07 Å². The molecule has 0 unspecified atom stereocenters. The number of nitrogens with zero attached hydrogens (tertiary/aromatic N) is 1. The number of carbonyl (C=O) groups excluding carboxylic acids is 1. The number of carbonyl (C=O) groups is 1. The highest BCUT2D eigenvalue weighted by molar-refractivity contribution is 5.75. The van der Waals surface area contributed by atoms with Crippen LogP contribution in [0, 0.1) is 17.2 Å². The van der Waals surface area contributed by atoms with Gasteiger partial charge in [0, 0.05) is 6.92 Å². The fraction of sp³-hybridized carbons (Fsp3) is 0.714.